The van der Waals surface area contributed by atoms with E-state index in [4.69, 9.17) is 5.73 Å². The van der Waals surface area contributed by atoms with E-state index in [2.05, 4.69) is 13.8 Å². The van der Waals surface area contributed by atoms with E-state index < -0.39 is 17.7 Å². The van der Waals surface area contributed by atoms with Gasteiger partial charge in [-0.2, -0.15) is 0 Å². The lowest BCUT2D eigenvalue weighted by Crippen LogP contribution is -2.15. The van der Waals surface area contributed by atoms with Crippen LogP contribution >= 0.6 is 0 Å². The summed E-state index contributed by atoms with van der Waals surface area (Å²) in [5.74, 6) is -0.421. The topological polar surface area (TPSA) is 26.0 Å². The van der Waals surface area contributed by atoms with Crippen LogP contribution in [0.4, 0.5) is 8.78 Å². The van der Waals surface area contributed by atoms with Crippen LogP contribution in [0.25, 0.3) is 0 Å². The van der Waals surface area contributed by atoms with Gasteiger partial charge in [0.15, 0.2) is 0 Å². The van der Waals surface area contributed by atoms with Gasteiger partial charge in [-0.1, -0.05) is 26.7 Å². The summed E-state index contributed by atoms with van der Waals surface area (Å²) in [7, 11) is 0. The third-order valence-corrected chi connectivity index (χ3v) is 2.80. The molecule has 0 bridgehead atoms. The van der Waals surface area contributed by atoms with Crippen LogP contribution in [0.1, 0.15) is 44.7 Å². The average molecular weight is 227 g/mol. The summed E-state index contributed by atoms with van der Waals surface area (Å²) in [4.78, 5) is 0. The van der Waals surface area contributed by atoms with Gasteiger partial charge in [-0.05, 0) is 30.5 Å². The highest BCUT2D eigenvalue weighted by Crippen LogP contribution is 2.24. The molecule has 1 aromatic carbocycles. The zero-order chi connectivity index (χ0) is 12.1. The van der Waals surface area contributed by atoms with Crippen molar-refractivity contribution >= 4 is 0 Å². The summed E-state index contributed by atoms with van der Waals surface area (Å²) < 4.78 is 26.4. The molecular formula is C13H19F2N. The second-order valence-electron chi connectivity index (χ2n) is 4.40. The molecule has 16 heavy (non-hydrogen) atoms. The van der Waals surface area contributed by atoms with E-state index in [1.807, 2.05) is 0 Å². The fourth-order valence-electron chi connectivity index (χ4n) is 1.97. The molecule has 0 aliphatic carbocycles. The first-order valence-electron chi connectivity index (χ1n) is 5.75. The maximum absolute atomic E-state index is 13.4. The number of nitrogens with two attached hydrogens (primary N) is 1. The van der Waals surface area contributed by atoms with Crippen molar-refractivity contribution < 1.29 is 8.78 Å². The standard InChI is InChI=1S/C13H19F2N/c1-3-4-9(2)7-13(16)11-8-10(14)5-6-12(11)15/h5-6,8-9,13H,3-4,7,16H2,1-2H3. The van der Waals surface area contributed by atoms with Gasteiger partial charge in [0.05, 0.1) is 0 Å². The second kappa shape index (κ2) is 5.94. The van der Waals surface area contributed by atoms with E-state index in [9.17, 15) is 8.78 Å². The Bertz CT molecular complexity index is 339. The van der Waals surface area contributed by atoms with Gasteiger partial charge in [-0.3, -0.25) is 0 Å². The maximum Gasteiger partial charge on any atom is 0.128 e. The first-order chi connectivity index (χ1) is 7.54. The van der Waals surface area contributed by atoms with Crippen molar-refractivity contribution in [2.45, 2.75) is 39.2 Å². The largest absolute Gasteiger partial charge is 0.324 e. The average Bonchev–Trinajstić information content (AvgIpc) is 2.21. The molecule has 0 spiro atoms. The SMILES string of the molecule is CCCC(C)CC(N)c1cc(F)ccc1F. The van der Waals surface area contributed by atoms with E-state index in [1.165, 1.54) is 6.07 Å². The summed E-state index contributed by atoms with van der Waals surface area (Å²) in [6.45, 7) is 4.19. The molecule has 0 aliphatic heterocycles. The van der Waals surface area contributed by atoms with Crippen molar-refractivity contribution in [1.82, 2.24) is 0 Å². The summed E-state index contributed by atoms with van der Waals surface area (Å²) in [5.41, 5.74) is 6.17. The molecule has 1 rings (SSSR count). The fourth-order valence-corrected chi connectivity index (χ4v) is 1.97. The van der Waals surface area contributed by atoms with Crippen LogP contribution in [0.5, 0.6) is 0 Å². The minimum absolute atomic E-state index is 0.281. The van der Waals surface area contributed by atoms with Gasteiger partial charge in [0.2, 0.25) is 0 Å². The summed E-state index contributed by atoms with van der Waals surface area (Å²) >= 11 is 0. The van der Waals surface area contributed by atoms with Crippen molar-refractivity contribution in [2.24, 2.45) is 11.7 Å². The number of benzene rings is 1. The van der Waals surface area contributed by atoms with E-state index >= 15 is 0 Å². The van der Waals surface area contributed by atoms with Crippen molar-refractivity contribution in [3.63, 3.8) is 0 Å². The number of hydrogen-bond donors (Lipinski definition) is 1. The molecule has 0 aromatic heterocycles. The Morgan fingerprint density at radius 1 is 1.31 bits per heavy atom. The van der Waals surface area contributed by atoms with Crippen LogP contribution in [-0.4, -0.2) is 0 Å². The zero-order valence-electron chi connectivity index (χ0n) is 9.84. The molecule has 2 N–H and O–H groups in total. The highest BCUT2D eigenvalue weighted by atomic mass is 19.1. The first-order valence-corrected chi connectivity index (χ1v) is 5.75. The van der Waals surface area contributed by atoms with Gasteiger partial charge in [-0.25, -0.2) is 8.78 Å². The highest BCUT2D eigenvalue weighted by Gasteiger charge is 2.15. The molecule has 0 heterocycles. The molecule has 2 unspecified atom stereocenters. The van der Waals surface area contributed by atoms with Crippen molar-refractivity contribution in [3.8, 4) is 0 Å². The van der Waals surface area contributed by atoms with Crippen molar-refractivity contribution in [1.29, 1.82) is 0 Å². The summed E-state index contributed by atoms with van der Waals surface area (Å²) in [6.07, 6.45) is 2.83. The van der Waals surface area contributed by atoms with Gasteiger partial charge in [0.1, 0.15) is 11.6 Å². The summed E-state index contributed by atoms with van der Waals surface area (Å²) in [6, 6.07) is 3.02. The Balaban J connectivity index is 2.72. The van der Waals surface area contributed by atoms with Crippen molar-refractivity contribution in [2.75, 3.05) is 0 Å². The van der Waals surface area contributed by atoms with E-state index in [0.29, 0.717) is 12.3 Å². The third kappa shape index (κ3) is 3.56. The lowest BCUT2D eigenvalue weighted by Gasteiger charge is -2.17. The van der Waals surface area contributed by atoms with Crippen molar-refractivity contribution in [3.05, 3.63) is 35.4 Å². The molecule has 1 aromatic rings. The van der Waals surface area contributed by atoms with Crippen LogP contribution in [0, 0.1) is 17.6 Å². The van der Waals surface area contributed by atoms with E-state index in [0.717, 1.165) is 25.0 Å². The zero-order valence-corrected chi connectivity index (χ0v) is 9.84. The molecule has 0 radical (unpaired) electrons. The molecule has 0 amide bonds. The monoisotopic (exact) mass is 227 g/mol. The lowest BCUT2D eigenvalue weighted by molar-refractivity contribution is 0.429. The predicted octanol–water partition coefficient (Wildman–Crippen LogP) is 3.79. The second-order valence-corrected chi connectivity index (χ2v) is 4.40. The number of halogens is 2. The molecule has 2 atom stereocenters. The Labute approximate surface area is 95.7 Å². The minimum Gasteiger partial charge on any atom is -0.324 e. The molecule has 0 fully saturated rings. The molecule has 0 saturated carbocycles. The molecule has 0 aliphatic rings. The van der Waals surface area contributed by atoms with Crippen LogP contribution in [0.15, 0.2) is 18.2 Å². The molecule has 90 valence electrons. The van der Waals surface area contributed by atoms with Gasteiger partial charge < -0.3 is 5.73 Å². The Kier molecular flexibility index (Phi) is 4.87. The maximum atomic E-state index is 13.4. The molecule has 3 heteroatoms. The predicted molar refractivity (Wildman–Crippen MR) is 62.0 cm³/mol. The van der Waals surface area contributed by atoms with E-state index in [-0.39, 0.29) is 5.56 Å². The van der Waals surface area contributed by atoms with Gasteiger partial charge in [0.25, 0.3) is 0 Å². The Morgan fingerprint density at radius 3 is 2.62 bits per heavy atom. The normalized spacial score (nSPS) is 14.8. The molecule has 1 nitrogen and oxygen atoms in total. The minimum atomic E-state index is -0.435. The molecule has 0 saturated heterocycles. The first kappa shape index (κ1) is 13.1. The summed E-state index contributed by atoms with van der Waals surface area (Å²) in [5, 5.41) is 0. The quantitative estimate of drug-likeness (QED) is 0.813. The fraction of sp³-hybridized carbons (Fsp3) is 0.538. The Morgan fingerprint density at radius 2 is 2.00 bits per heavy atom. The third-order valence-electron chi connectivity index (χ3n) is 2.80. The molecular weight excluding hydrogens is 208 g/mol. The number of rotatable bonds is 5. The van der Waals surface area contributed by atoms with Crippen LogP contribution in [0.2, 0.25) is 0 Å². The lowest BCUT2D eigenvalue weighted by atomic mass is 9.93. The van der Waals surface area contributed by atoms with Crippen LogP contribution < -0.4 is 5.73 Å². The van der Waals surface area contributed by atoms with E-state index in [1.54, 1.807) is 0 Å². The van der Waals surface area contributed by atoms with Gasteiger partial charge >= 0.3 is 0 Å². The smallest absolute Gasteiger partial charge is 0.128 e. The van der Waals surface area contributed by atoms with Crippen LogP contribution in [0.3, 0.4) is 0 Å². The van der Waals surface area contributed by atoms with Gasteiger partial charge in [0, 0.05) is 11.6 Å². The Hall–Kier alpha value is -0.960. The van der Waals surface area contributed by atoms with Gasteiger partial charge in [-0.15, -0.1) is 0 Å². The van der Waals surface area contributed by atoms with Crippen LogP contribution in [-0.2, 0) is 0 Å². The number of hydrogen-bond acceptors (Lipinski definition) is 1. The highest BCUT2D eigenvalue weighted by molar-refractivity contribution is 5.22.